The molecule has 28 heavy (non-hydrogen) atoms. The maximum Gasteiger partial charge on any atom is 0.259 e. The number of carbonyl (C=O) groups is 1. The third kappa shape index (κ3) is 3.82. The number of amides is 1. The number of nitrogens with zero attached hydrogens (tertiary/aromatic N) is 3. The maximum atomic E-state index is 13.0. The Morgan fingerprint density at radius 2 is 2.29 bits per heavy atom. The third-order valence-electron chi connectivity index (χ3n) is 5.53. The molecule has 2 fully saturated rings. The van der Waals surface area contributed by atoms with Crippen LogP contribution in [0, 0.1) is 6.92 Å². The van der Waals surface area contributed by atoms with Gasteiger partial charge in [0.05, 0.1) is 31.5 Å². The molecule has 0 aliphatic carbocycles. The predicted molar refractivity (Wildman–Crippen MR) is 102 cm³/mol. The minimum absolute atomic E-state index is 0.00479. The van der Waals surface area contributed by atoms with Gasteiger partial charge in [-0.2, -0.15) is 0 Å². The molecule has 4 heterocycles. The standard InChI is InChI=1S/C21H27N3O4/c1-3-5-18-19(15(2)23-28-18)20(25)24-13-21(14-24)10-17(7-9-27-21)26-12-16-6-4-8-22-11-16/h4,6,8,11,17H,3,5,7,9-10,12-14H2,1-2H3. The van der Waals surface area contributed by atoms with Crippen LogP contribution in [-0.2, 0) is 22.5 Å². The zero-order valence-electron chi connectivity index (χ0n) is 16.5. The van der Waals surface area contributed by atoms with Crippen LogP contribution in [0.1, 0.15) is 53.6 Å². The van der Waals surface area contributed by atoms with Crippen molar-refractivity contribution in [3.63, 3.8) is 0 Å². The molecule has 2 aliphatic heterocycles. The molecular formula is C21H27N3O4. The maximum absolute atomic E-state index is 13.0. The summed E-state index contributed by atoms with van der Waals surface area (Å²) < 4.78 is 17.5. The van der Waals surface area contributed by atoms with Gasteiger partial charge in [-0.3, -0.25) is 9.78 Å². The minimum atomic E-state index is -0.288. The Bertz CT molecular complexity index is 814. The molecule has 0 aromatic carbocycles. The summed E-state index contributed by atoms with van der Waals surface area (Å²) in [5.41, 5.74) is 2.07. The van der Waals surface area contributed by atoms with Gasteiger partial charge in [0.15, 0.2) is 0 Å². The van der Waals surface area contributed by atoms with Crippen LogP contribution >= 0.6 is 0 Å². The van der Waals surface area contributed by atoms with Gasteiger partial charge in [-0.1, -0.05) is 18.1 Å². The molecule has 0 bridgehead atoms. The van der Waals surface area contributed by atoms with Crippen molar-refractivity contribution in [3.8, 4) is 0 Å². The van der Waals surface area contributed by atoms with Gasteiger partial charge in [0, 0.05) is 31.8 Å². The van der Waals surface area contributed by atoms with E-state index in [1.165, 1.54) is 0 Å². The first-order chi connectivity index (χ1) is 13.6. The fourth-order valence-corrected chi connectivity index (χ4v) is 4.08. The molecule has 2 aromatic heterocycles. The molecule has 1 spiro atoms. The lowest BCUT2D eigenvalue weighted by molar-refractivity contribution is -0.188. The van der Waals surface area contributed by atoms with Gasteiger partial charge in [-0.15, -0.1) is 0 Å². The molecule has 1 unspecified atom stereocenters. The van der Waals surface area contributed by atoms with Crippen LogP contribution in [0.4, 0.5) is 0 Å². The average molecular weight is 385 g/mol. The van der Waals surface area contributed by atoms with E-state index in [2.05, 4.69) is 17.1 Å². The molecule has 7 heteroatoms. The molecule has 4 rings (SSSR count). The molecule has 7 nitrogen and oxygen atoms in total. The van der Waals surface area contributed by atoms with E-state index in [0.717, 1.165) is 31.2 Å². The van der Waals surface area contributed by atoms with Gasteiger partial charge in [-0.25, -0.2) is 0 Å². The first kappa shape index (κ1) is 19.1. The van der Waals surface area contributed by atoms with Crippen molar-refractivity contribution in [1.29, 1.82) is 0 Å². The first-order valence-corrected chi connectivity index (χ1v) is 9.99. The molecule has 1 atom stereocenters. The van der Waals surface area contributed by atoms with Crippen LogP contribution in [0.5, 0.6) is 0 Å². The molecule has 2 aromatic rings. The zero-order chi connectivity index (χ0) is 19.6. The number of hydrogen-bond donors (Lipinski definition) is 0. The van der Waals surface area contributed by atoms with Crippen LogP contribution in [0.15, 0.2) is 29.0 Å². The van der Waals surface area contributed by atoms with E-state index >= 15 is 0 Å². The van der Waals surface area contributed by atoms with Crippen molar-refractivity contribution in [2.75, 3.05) is 19.7 Å². The lowest BCUT2D eigenvalue weighted by Gasteiger charge is -2.53. The number of likely N-dealkylation sites (tertiary alicyclic amines) is 1. The number of pyridine rings is 1. The monoisotopic (exact) mass is 385 g/mol. The quantitative estimate of drug-likeness (QED) is 0.761. The van der Waals surface area contributed by atoms with E-state index in [-0.39, 0.29) is 17.6 Å². The summed E-state index contributed by atoms with van der Waals surface area (Å²) >= 11 is 0. The molecule has 2 saturated heterocycles. The van der Waals surface area contributed by atoms with Crippen LogP contribution in [0.3, 0.4) is 0 Å². The average Bonchev–Trinajstić information content (AvgIpc) is 3.05. The van der Waals surface area contributed by atoms with Crippen molar-refractivity contribution in [3.05, 3.63) is 47.1 Å². The Labute approximate surface area is 165 Å². The van der Waals surface area contributed by atoms with E-state index in [4.69, 9.17) is 14.0 Å². The highest BCUT2D eigenvalue weighted by atomic mass is 16.5. The number of carbonyl (C=O) groups excluding carboxylic acids is 1. The summed E-state index contributed by atoms with van der Waals surface area (Å²) in [4.78, 5) is 18.9. The topological polar surface area (TPSA) is 77.7 Å². The molecule has 2 aliphatic rings. The number of hydrogen-bond acceptors (Lipinski definition) is 6. The van der Waals surface area contributed by atoms with Gasteiger partial charge in [-0.05, 0) is 31.4 Å². The molecule has 1 amide bonds. The summed E-state index contributed by atoms with van der Waals surface area (Å²) in [5, 5.41) is 3.99. The van der Waals surface area contributed by atoms with Crippen molar-refractivity contribution < 1.29 is 18.8 Å². The Kier molecular flexibility index (Phi) is 5.46. The van der Waals surface area contributed by atoms with Crippen LogP contribution in [0.25, 0.3) is 0 Å². The van der Waals surface area contributed by atoms with Crippen molar-refractivity contribution in [2.45, 2.75) is 57.8 Å². The van der Waals surface area contributed by atoms with Gasteiger partial charge in [0.25, 0.3) is 5.91 Å². The fraction of sp³-hybridized carbons (Fsp3) is 0.571. The largest absolute Gasteiger partial charge is 0.373 e. The van der Waals surface area contributed by atoms with Crippen molar-refractivity contribution in [1.82, 2.24) is 15.0 Å². The van der Waals surface area contributed by atoms with E-state index in [1.807, 2.05) is 30.2 Å². The highest BCUT2D eigenvalue weighted by Crippen LogP contribution is 2.37. The highest BCUT2D eigenvalue weighted by Gasteiger charge is 2.50. The van der Waals surface area contributed by atoms with Gasteiger partial charge >= 0.3 is 0 Å². The number of aromatic nitrogens is 2. The molecule has 0 radical (unpaired) electrons. The third-order valence-corrected chi connectivity index (χ3v) is 5.53. The molecule has 0 saturated carbocycles. The predicted octanol–water partition coefficient (Wildman–Crippen LogP) is 2.92. The fourth-order valence-electron chi connectivity index (χ4n) is 4.08. The smallest absolute Gasteiger partial charge is 0.259 e. The summed E-state index contributed by atoms with van der Waals surface area (Å²) in [6.45, 7) is 6.28. The number of ether oxygens (including phenoxy) is 2. The van der Waals surface area contributed by atoms with E-state index < -0.39 is 0 Å². The Hall–Kier alpha value is -2.25. The molecule has 0 N–H and O–H groups in total. The van der Waals surface area contributed by atoms with Gasteiger partial charge in [0.2, 0.25) is 0 Å². The van der Waals surface area contributed by atoms with E-state index in [0.29, 0.717) is 43.3 Å². The molecule has 150 valence electrons. The summed E-state index contributed by atoms with van der Waals surface area (Å²) in [5.74, 6) is 0.683. The Balaban J connectivity index is 1.34. The van der Waals surface area contributed by atoms with Crippen molar-refractivity contribution in [2.24, 2.45) is 0 Å². The summed E-state index contributed by atoms with van der Waals surface area (Å²) in [7, 11) is 0. The lowest BCUT2D eigenvalue weighted by Crippen LogP contribution is -2.67. The van der Waals surface area contributed by atoms with Crippen LogP contribution in [0.2, 0.25) is 0 Å². The van der Waals surface area contributed by atoms with Gasteiger partial charge in [0.1, 0.15) is 16.9 Å². The second-order valence-electron chi connectivity index (χ2n) is 7.80. The zero-order valence-corrected chi connectivity index (χ0v) is 16.5. The summed E-state index contributed by atoms with van der Waals surface area (Å²) in [6.07, 6.45) is 7.05. The second-order valence-corrected chi connectivity index (χ2v) is 7.80. The normalized spacial score (nSPS) is 20.9. The Morgan fingerprint density at radius 3 is 3.04 bits per heavy atom. The van der Waals surface area contributed by atoms with Gasteiger partial charge < -0.3 is 18.9 Å². The van der Waals surface area contributed by atoms with Crippen LogP contribution < -0.4 is 0 Å². The second kappa shape index (κ2) is 8.01. The van der Waals surface area contributed by atoms with E-state index in [9.17, 15) is 4.79 Å². The lowest BCUT2D eigenvalue weighted by atomic mass is 9.84. The summed E-state index contributed by atoms with van der Waals surface area (Å²) in [6, 6.07) is 3.93. The molecular weight excluding hydrogens is 358 g/mol. The minimum Gasteiger partial charge on any atom is -0.373 e. The number of rotatable bonds is 6. The Morgan fingerprint density at radius 1 is 1.43 bits per heavy atom. The first-order valence-electron chi connectivity index (χ1n) is 9.99. The van der Waals surface area contributed by atoms with E-state index in [1.54, 1.807) is 6.20 Å². The SMILES string of the molecule is CCCc1onc(C)c1C(=O)N1CC2(CC(OCc3cccnc3)CCO2)C1. The highest BCUT2D eigenvalue weighted by molar-refractivity contribution is 5.96. The van der Waals surface area contributed by atoms with Crippen LogP contribution in [-0.4, -0.2) is 52.3 Å². The number of aryl methyl sites for hydroxylation is 2. The van der Waals surface area contributed by atoms with Crippen molar-refractivity contribution >= 4 is 5.91 Å².